The van der Waals surface area contributed by atoms with Gasteiger partial charge in [0.2, 0.25) is 0 Å². The molecular formula is C18H24Ti. The zero-order valence-electron chi connectivity index (χ0n) is 13.2. The molecule has 1 heteroatoms. The van der Waals surface area contributed by atoms with E-state index in [-0.39, 0.29) is 24.6 Å². The molecule has 100 valence electrons. The van der Waals surface area contributed by atoms with Crippen molar-refractivity contribution in [2.75, 3.05) is 0 Å². The van der Waals surface area contributed by atoms with E-state index in [9.17, 15) is 0 Å². The fourth-order valence-electron chi connectivity index (χ4n) is 2.86. The molecule has 0 amide bonds. The van der Waals surface area contributed by atoms with Crippen LogP contribution in [0.2, 0.25) is 0 Å². The minimum absolute atomic E-state index is 0.218. The number of aryl methyl sites for hydroxylation is 1. The number of rotatable bonds is 2. The molecule has 0 bridgehead atoms. The first-order valence-electron chi connectivity index (χ1n) is 6.99. The van der Waals surface area contributed by atoms with E-state index in [2.05, 4.69) is 66.7 Å². The molecular weight excluding hydrogens is 264 g/mol. The van der Waals surface area contributed by atoms with Crippen LogP contribution in [0, 0.1) is 19.3 Å². The van der Waals surface area contributed by atoms with E-state index in [1.165, 1.54) is 16.7 Å². The third-order valence-corrected chi connectivity index (χ3v) is 8.15. The van der Waals surface area contributed by atoms with Gasteiger partial charge in [0.25, 0.3) is 0 Å². The quantitative estimate of drug-likeness (QED) is 0.694. The molecule has 0 unspecified atom stereocenters. The van der Waals surface area contributed by atoms with Crippen LogP contribution in [-0.2, 0) is 19.2 Å². The summed E-state index contributed by atoms with van der Waals surface area (Å²) in [5.41, 5.74) is 7.84. The summed E-state index contributed by atoms with van der Waals surface area (Å²) < 4.78 is 3.32. The normalized spacial score (nSPS) is 18.3. The summed E-state index contributed by atoms with van der Waals surface area (Å²) in [6, 6.07) is 6.77. The molecule has 0 atom stereocenters. The van der Waals surface area contributed by atoms with Gasteiger partial charge in [-0.1, -0.05) is 0 Å². The van der Waals surface area contributed by atoms with Crippen LogP contribution in [0.3, 0.4) is 0 Å². The van der Waals surface area contributed by atoms with Crippen molar-refractivity contribution in [3.63, 3.8) is 0 Å². The molecule has 1 aliphatic rings. The van der Waals surface area contributed by atoms with Crippen molar-refractivity contribution in [1.82, 2.24) is 0 Å². The fourth-order valence-corrected chi connectivity index (χ4v) is 5.53. The van der Waals surface area contributed by atoms with Gasteiger partial charge in [0.15, 0.2) is 0 Å². The van der Waals surface area contributed by atoms with Gasteiger partial charge < -0.3 is 0 Å². The number of allylic oxidation sites excluding steroid dienone is 4. The average molecular weight is 288 g/mol. The van der Waals surface area contributed by atoms with E-state index >= 15 is 0 Å². The molecule has 1 aliphatic carbocycles. The Morgan fingerprint density at radius 2 is 1.53 bits per heavy atom. The molecule has 0 saturated carbocycles. The summed E-state index contributed by atoms with van der Waals surface area (Å²) in [5.74, 6) is 0. The van der Waals surface area contributed by atoms with Crippen molar-refractivity contribution < 1.29 is 19.2 Å². The van der Waals surface area contributed by atoms with Crippen molar-refractivity contribution in [3.8, 4) is 0 Å². The standard InChI is InChI=1S/C10H15.C8H9.Ti/c1-7-6-10(4,5)9(3)8(7)2;1-7-5-3-4-6-8(7)2;/h1-5H3;3-5H,1-2H3;. The predicted octanol–water partition coefficient (Wildman–Crippen LogP) is 4.66. The van der Waals surface area contributed by atoms with Crippen LogP contribution in [0.5, 0.6) is 0 Å². The molecule has 0 N–H and O–H groups in total. The monoisotopic (exact) mass is 288 g/mol. The van der Waals surface area contributed by atoms with Crippen LogP contribution in [0.4, 0.5) is 0 Å². The maximum absolute atomic E-state index is 2.40. The Balaban J connectivity index is 2.43. The third-order valence-electron chi connectivity index (χ3n) is 4.93. The molecule has 19 heavy (non-hydrogen) atoms. The van der Waals surface area contributed by atoms with Crippen LogP contribution in [0.15, 0.2) is 38.8 Å². The van der Waals surface area contributed by atoms with Gasteiger partial charge in [-0.05, 0) is 0 Å². The van der Waals surface area contributed by atoms with Gasteiger partial charge in [0, 0.05) is 0 Å². The first-order valence-corrected chi connectivity index (χ1v) is 8.56. The second-order valence-electron chi connectivity index (χ2n) is 6.25. The Labute approximate surface area is 126 Å². The molecule has 0 spiro atoms. The third kappa shape index (κ3) is 2.41. The van der Waals surface area contributed by atoms with E-state index in [4.69, 9.17) is 0 Å². The molecule has 0 nitrogen and oxygen atoms in total. The maximum atomic E-state index is 2.40. The van der Waals surface area contributed by atoms with Crippen molar-refractivity contribution in [3.05, 3.63) is 49.9 Å². The van der Waals surface area contributed by atoms with Crippen LogP contribution in [-0.4, -0.2) is 0 Å². The van der Waals surface area contributed by atoms with Gasteiger partial charge in [-0.15, -0.1) is 0 Å². The second-order valence-corrected chi connectivity index (χ2v) is 8.26. The van der Waals surface area contributed by atoms with Crippen LogP contribution in [0.25, 0.3) is 0 Å². The molecule has 0 saturated heterocycles. The Kier molecular flexibility index (Phi) is 3.96. The van der Waals surface area contributed by atoms with Crippen LogP contribution < -0.4 is 3.87 Å². The summed E-state index contributed by atoms with van der Waals surface area (Å²) >= 11 is -0.218. The summed E-state index contributed by atoms with van der Waals surface area (Å²) in [4.78, 5) is 0. The molecule has 0 heterocycles. The molecule has 1 aromatic carbocycles. The number of hydrogen-bond donors (Lipinski definition) is 0. The Hall–Kier alpha value is -0.586. The van der Waals surface area contributed by atoms with E-state index < -0.39 is 0 Å². The molecule has 0 radical (unpaired) electrons. The van der Waals surface area contributed by atoms with Crippen molar-refractivity contribution in [2.45, 2.75) is 48.5 Å². The summed E-state index contributed by atoms with van der Waals surface area (Å²) in [5, 5.41) is 0. The number of benzene rings is 1. The first kappa shape index (κ1) is 14.8. The average Bonchev–Trinajstić information content (AvgIpc) is 2.49. The molecule has 1 aromatic rings. The van der Waals surface area contributed by atoms with Gasteiger partial charge in [-0.3, -0.25) is 0 Å². The Morgan fingerprint density at radius 3 is 2.05 bits per heavy atom. The van der Waals surface area contributed by atoms with Gasteiger partial charge in [-0.25, -0.2) is 0 Å². The van der Waals surface area contributed by atoms with E-state index in [1.807, 2.05) is 0 Å². The SMILES string of the molecule is CC1=C(C)C(C)(C)[C]([Ti][c]2cccc(C)c2C)=C1C. The fraction of sp³-hybridized carbons (Fsp3) is 0.444. The minimum atomic E-state index is -0.218. The molecule has 2 rings (SSSR count). The van der Waals surface area contributed by atoms with Gasteiger partial charge >= 0.3 is 127 Å². The van der Waals surface area contributed by atoms with E-state index in [1.54, 1.807) is 18.9 Å². The molecule has 0 aromatic heterocycles. The van der Waals surface area contributed by atoms with E-state index in [0.29, 0.717) is 0 Å². The predicted molar refractivity (Wildman–Crippen MR) is 80.4 cm³/mol. The number of hydrogen-bond acceptors (Lipinski definition) is 0. The van der Waals surface area contributed by atoms with Crippen LogP contribution >= 0.6 is 0 Å². The van der Waals surface area contributed by atoms with Gasteiger partial charge in [-0.2, -0.15) is 0 Å². The Morgan fingerprint density at radius 1 is 0.895 bits per heavy atom. The zero-order valence-corrected chi connectivity index (χ0v) is 14.8. The molecule has 0 fully saturated rings. The topological polar surface area (TPSA) is 0 Å². The van der Waals surface area contributed by atoms with Crippen LogP contribution in [0.1, 0.15) is 45.7 Å². The second kappa shape index (κ2) is 5.07. The van der Waals surface area contributed by atoms with Gasteiger partial charge in [0.1, 0.15) is 0 Å². The van der Waals surface area contributed by atoms with Crippen molar-refractivity contribution >= 4 is 3.87 Å². The summed E-state index contributed by atoms with van der Waals surface area (Å²) in [7, 11) is 0. The molecule has 0 aliphatic heterocycles. The van der Waals surface area contributed by atoms with Crippen molar-refractivity contribution in [2.24, 2.45) is 5.41 Å². The van der Waals surface area contributed by atoms with E-state index in [0.717, 1.165) is 0 Å². The van der Waals surface area contributed by atoms with Crippen molar-refractivity contribution in [1.29, 1.82) is 0 Å². The summed E-state index contributed by atoms with van der Waals surface area (Å²) in [6.45, 7) is 16.2. The van der Waals surface area contributed by atoms with Gasteiger partial charge in [0.05, 0.1) is 0 Å². The summed E-state index contributed by atoms with van der Waals surface area (Å²) in [6.07, 6.45) is 0. The zero-order chi connectivity index (χ0) is 14.4. The Bertz CT molecular complexity index is 586. The first-order chi connectivity index (χ1) is 8.76.